The Labute approximate surface area is 113 Å². The Kier molecular flexibility index (Phi) is 3.15. The van der Waals surface area contributed by atoms with Crippen molar-refractivity contribution in [1.82, 2.24) is 15.6 Å². The van der Waals surface area contributed by atoms with E-state index in [1.54, 1.807) is 0 Å². The van der Waals surface area contributed by atoms with Crippen LogP contribution < -0.4 is 10.6 Å². The molecule has 2 unspecified atom stereocenters. The van der Waals surface area contributed by atoms with E-state index in [2.05, 4.69) is 51.8 Å². The van der Waals surface area contributed by atoms with E-state index in [-0.39, 0.29) is 0 Å². The van der Waals surface area contributed by atoms with Crippen LogP contribution in [-0.2, 0) is 6.54 Å². The number of aromatic amines is 1. The van der Waals surface area contributed by atoms with Gasteiger partial charge >= 0.3 is 0 Å². The predicted octanol–water partition coefficient (Wildman–Crippen LogP) is 2.24. The number of hydrogen-bond acceptors (Lipinski definition) is 1. The average Bonchev–Trinajstić information content (AvgIpc) is 2.96. The Morgan fingerprint density at radius 1 is 1.42 bits per heavy atom. The summed E-state index contributed by atoms with van der Waals surface area (Å²) in [4.78, 5) is 7.66. The monoisotopic (exact) mass is 256 g/mol. The second-order valence-electron chi connectivity index (χ2n) is 5.27. The van der Waals surface area contributed by atoms with Crippen molar-refractivity contribution in [3.63, 3.8) is 0 Å². The molecule has 2 atom stereocenters. The van der Waals surface area contributed by atoms with Gasteiger partial charge in [-0.05, 0) is 29.9 Å². The maximum absolute atomic E-state index is 4.25. The third kappa shape index (κ3) is 2.72. The van der Waals surface area contributed by atoms with Gasteiger partial charge in [-0.3, -0.25) is 4.99 Å². The molecule has 1 aliphatic rings. The van der Waals surface area contributed by atoms with Crippen molar-refractivity contribution in [1.29, 1.82) is 0 Å². The number of hydrogen-bond donors (Lipinski definition) is 3. The maximum atomic E-state index is 4.25. The highest BCUT2D eigenvalue weighted by atomic mass is 15.2. The Morgan fingerprint density at radius 2 is 2.21 bits per heavy atom. The molecule has 0 radical (unpaired) electrons. The minimum absolute atomic E-state index is 0.592. The summed E-state index contributed by atoms with van der Waals surface area (Å²) in [6.07, 6.45) is 1.24. The Bertz CT molecular complexity index is 566. The lowest BCUT2D eigenvalue weighted by Crippen LogP contribution is -2.38. The molecule has 0 spiro atoms. The number of aromatic nitrogens is 1. The van der Waals surface area contributed by atoms with E-state index in [4.69, 9.17) is 0 Å². The minimum atomic E-state index is 0.592. The Morgan fingerprint density at radius 3 is 2.89 bits per heavy atom. The molecule has 1 aromatic heterocycles. The summed E-state index contributed by atoms with van der Waals surface area (Å²) in [6.45, 7) is 3.01. The highest BCUT2D eigenvalue weighted by Gasteiger charge is 2.33. The molecule has 0 saturated heterocycles. The summed E-state index contributed by atoms with van der Waals surface area (Å²) < 4.78 is 0. The van der Waals surface area contributed by atoms with E-state index >= 15 is 0 Å². The lowest BCUT2D eigenvalue weighted by Gasteiger charge is -2.10. The lowest BCUT2D eigenvalue weighted by molar-refractivity contribution is 0.759. The maximum Gasteiger partial charge on any atom is 0.191 e. The third-order valence-electron chi connectivity index (χ3n) is 3.69. The predicted molar refractivity (Wildman–Crippen MR) is 79.2 cm³/mol. The largest absolute Gasteiger partial charge is 0.357 e. The molecule has 4 nitrogen and oxygen atoms in total. The summed E-state index contributed by atoms with van der Waals surface area (Å²) in [7, 11) is 1.81. The highest BCUT2D eigenvalue weighted by molar-refractivity contribution is 5.82. The molecular weight excluding hydrogens is 236 g/mol. The summed E-state index contributed by atoms with van der Waals surface area (Å²) in [5, 5.41) is 8.01. The normalized spacial score (nSPS) is 22.5. The molecule has 3 N–H and O–H groups in total. The van der Waals surface area contributed by atoms with Gasteiger partial charge in [0.2, 0.25) is 0 Å². The van der Waals surface area contributed by atoms with Gasteiger partial charge in [0, 0.05) is 24.3 Å². The quantitative estimate of drug-likeness (QED) is 0.583. The average molecular weight is 256 g/mol. The van der Waals surface area contributed by atoms with Crippen LogP contribution in [0.25, 0.3) is 10.9 Å². The van der Waals surface area contributed by atoms with E-state index in [0.717, 1.165) is 18.4 Å². The van der Waals surface area contributed by atoms with Gasteiger partial charge in [0.15, 0.2) is 5.96 Å². The van der Waals surface area contributed by atoms with Crippen LogP contribution >= 0.6 is 0 Å². The topological polar surface area (TPSA) is 52.2 Å². The lowest BCUT2D eigenvalue weighted by atomic mass is 10.2. The standard InChI is InChI=1S/C15H20N4/c1-10-7-14(10)19-15(16-2)17-9-12-8-11-5-3-4-6-13(11)18-12/h3-6,8,10,14,18H,7,9H2,1-2H3,(H2,16,17,19). The number of H-pyrrole nitrogens is 1. The first kappa shape index (κ1) is 12.1. The van der Waals surface area contributed by atoms with Gasteiger partial charge in [-0.1, -0.05) is 25.1 Å². The number of rotatable bonds is 3. The zero-order valence-corrected chi connectivity index (χ0v) is 11.4. The summed E-state index contributed by atoms with van der Waals surface area (Å²) in [6, 6.07) is 11.1. The van der Waals surface area contributed by atoms with Crippen LogP contribution in [0.3, 0.4) is 0 Å². The van der Waals surface area contributed by atoms with E-state index in [0.29, 0.717) is 6.04 Å². The number of guanidine groups is 1. The van der Waals surface area contributed by atoms with Crippen LogP contribution in [0.2, 0.25) is 0 Å². The summed E-state index contributed by atoms with van der Waals surface area (Å²) in [5.41, 5.74) is 2.35. The Hall–Kier alpha value is -1.97. The van der Waals surface area contributed by atoms with Crippen LogP contribution in [-0.4, -0.2) is 24.0 Å². The first-order valence-corrected chi connectivity index (χ1v) is 6.80. The van der Waals surface area contributed by atoms with Crippen molar-refractivity contribution < 1.29 is 0 Å². The first-order valence-electron chi connectivity index (χ1n) is 6.80. The molecule has 0 amide bonds. The molecule has 2 aromatic rings. The van der Waals surface area contributed by atoms with E-state index in [9.17, 15) is 0 Å². The molecule has 4 heteroatoms. The molecule has 1 aromatic carbocycles. The van der Waals surface area contributed by atoms with Gasteiger partial charge in [0.05, 0.1) is 6.54 Å². The molecule has 1 fully saturated rings. The van der Waals surface area contributed by atoms with Crippen molar-refractivity contribution >= 4 is 16.9 Å². The number of benzene rings is 1. The van der Waals surface area contributed by atoms with Gasteiger partial charge in [0.25, 0.3) is 0 Å². The molecule has 1 saturated carbocycles. The smallest absolute Gasteiger partial charge is 0.191 e. The molecular formula is C15H20N4. The second-order valence-corrected chi connectivity index (χ2v) is 5.27. The molecule has 0 aliphatic heterocycles. The fourth-order valence-corrected chi connectivity index (χ4v) is 2.30. The van der Waals surface area contributed by atoms with Crippen molar-refractivity contribution in [2.75, 3.05) is 7.05 Å². The number of aliphatic imine (C=N–C) groups is 1. The first-order chi connectivity index (χ1) is 9.26. The third-order valence-corrected chi connectivity index (χ3v) is 3.69. The molecule has 100 valence electrons. The van der Waals surface area contributed by atoms with Crippen LogP contribution in [0, 0.1) is 5.92 Å². The molecule has 3 rings (SSSR count). The molecule has 0 bridgehead atoms. The van der Waals surface area contributed by atoms with E-state index in [1.807, 2.05) is 13.1 Å². The number of nitrogens with zero attached hydrogens (tertiary/aromatic N) is 1. The van der Waals surface area contributed by atoms with Gasteiger partial charge in [0.1, 0.15) is 0 Å². The number of fused-ring (bicyclic) bond motifs is 1. The van der Waals surface area contributed by atoms with Crippen LogP contribution in [0.1, 0.15) is 19.0 Å². The zero-order chi connectivity index (χ0) is 13.2. The summed E-state index contributed by atoms with van der Waals surface area (Å²) >= 11 is 0. The highest BCUT2D eigenvalue weighted by Crippen LogP contribution is 2.28. The molecule has 19 heavy (non-hydrogen) atoms. The van der Waals surface area contributed by atoms with Crippen molar-refractivity contribution in [2.45, 2.75) is 25.9 Å². The molecule has 1 aliphatic carbocycles. The van der Waals surface area contributed by atoms with Gasteiger partial charge in [-0.25, -0.2) is 0 Å². The fraction of sp³-hybridized carbons (Fsp3) is 0.400. The van der Waals surface area contributed by atoms with Crippen LogP contribution in [0.4, 0.5) is 0 Å². The van der Waals surface area contributed by atoms with E-state index < -0.39 is 0 Å². The van der Waals surface area contributed by atoms with Crippen LogP contribution in [0.5, 0.6) is 0 Å². The van der Waals surface area contributed by atoms with E-state index in [1.165, 1.54) is 23.0 Å². The van der Waals surface area contributed by atoms with Gasteiger partial charge in [-0.2, -0.15) is 0 Å². The van der Waals surface area contributed by atoms with Gasteiger partial charge in [-0.15, -0.1) is 0 Å². The second kappa shape index (κ2) is 4.96. The minimum Gasteiger partial charge on any atom is -0.357 e. The van der Waals surface area contributed by atoms with Crippen molar-refractivity contribution in [3.05, 3.63) is 36.0 Å². The number of para-hydroxylation sites is 1. The van der Waals surface area contributed by atoms with Crippen molar-refractivity contribution in [3.8, 4) is 0 Å². The van der Waals surface area contributed by atoms with Gasteiger partial charge < -0.3 is 15.6 Å². The van der Waals surface area contributed by atoms with Crippen molar-refractivity contribution in [2.24, 2.45) is 10.9 Å². The summed E-state index contributed by atoms with van der Waals surface area (Å²) in [5.74, 6) is 1.65. The molecule has 1 heterocycles. The SMILES string of the molecule is CN=C(NCc1cc2ccccc2[nH]1)NC1CC1C. The fourth-order valence-electron chi connectivity index (χ4n) is 2.30. The van der Waals surface area contributed by atoms with Crippen LogP contribution in [0.15, 0.2) is 35.3 Å². The number of nitrogens with one attached hydrogen (secondary N) is 3. The zero-order valence-electron chi connectivity index (χ0n) is 11.4. The Balaban J connectivity index is 1.61.